The van der Waals surface area contributed by atoms with Crippen LogP contribution in [0.5, 0.6) is 0 Å². The molecule has 0 bridgehead atoms. The number of benzene rings is 1. The van der Waals surface area contributed by atoms with Gasteiger partial charge in [-0.25, -0.2) is 4.98 Å². The summed E-state index contributed by atoms with van der Waals surface area (Å²) in [5.41, 5.74) is 2.70. The van der Waals surface area contributed by atoms with Gasteiger partial charge in [-0.1, -0.05) is 36.4 Å². The maximum absolute atomic E-state index is 12.4. The minimum absolute atomic E-state index is 0.222. The number of hydrogen-bond acceptors (Lipinski definition) is 4. The second-order valence-electron chi connectivity index (χ2n) is 5.44. The molecule has 0 spiro atoms. The Balaban J connectivity index is 2.28. The second kappa shape index (κ2) is 6.66. The summed E-state index contributed by atoms with van der Waals surface area (Å²) in [6.07, 6.45) is 1.80. The Morgan fingerprint density at radius 1 is 1.12 bits per heavy atom. The molecule has 2 heterocycles. The van der Waals surface area contributed by atoms with E-state index in [2.05, 4.69) is 4.98 Å². The van der Waals surface area contributed by atoms with Crippen LogP contribution in [0.2, 0.25) is 0 Å². The van der Waals surface area contributed by atoms with E-state index in [4.69, 9.17) is 4.74 Å². The molecule has 5 nitrogen and oxygen atoms in total. The number of rotatable bonds is 5. The molecule has 24 heavy (non-hydrogen) atoms. The summed E-state index contributed by atoms with van der Waals surface area (Å²) in [5.74, 6) is -1.82. The minimum Gasteiger partial charge on any atom is -0.465 e. The molecule has 3 rings (SSSR count). The van der Waals surface area contributed by atoms with E-state index < -0.39 is 11.9 Å². The van der Waals surface area contributed by atoms with Crippen molar-refractivity contribution in [2.75, 3.05) is 6.61 Å². The van der Waals surface area contributed by atoms with Crippen LogP contribution in [0.25, 0.3) is 16.9 Å². The molecule has 1 atom stereocenters. The van der Waals surface area contributed by atoms with Gasteiger partial charge in [0.15, 0.2) is 5.92 Å². The third-order valence-electron chi connectivity index (χ3n) is 3.82. The van der Waals surface area contributed by atoms with E-state index in [0.717, 1.165) is 5.56 Å². The molecule has 0 radical (unpaired) electrons. The lowest BCUT2D eigenvalue weighted by Gasteiger charge is -2.14. The Labute approximate surface area is 139 Å². The van der Waals surface area contributed by atoms with Crippen LogP contribution in [0.3, 0.4) is 0 Å². The third-order valence-corrected chi connectivity index (χ3v) is 3.82. The SMILES string of the molecule is CCOC(=O)C(C(C)=O)c1c(-c2ccccc2)nc2ccccn12. The number of Topliss-reactive ketones (excluding diaryl/α,β-unsaturated/α-hetero) is 1. The van der Waals surface area contributed by atoms with Crippen LogP contribution >= 0.6 is 0 Å². The number of esters is 1. The average Bonchev–Trinajstić information content (AvgIpc) is 2.95. The van der Waals surface area contributed by atoms with E-state index in [1.807, 2.05) is 48.5 Å². The van der Waals surface area contributed by atoms with Crippen molar-refractivity contribution in [2.24, 2.45) is 0 Å². The van der Waals surface area contributed by atoms with Crippen molar-refractivity contribution in [3.8, 4) is 11.3 Å². The van der Waals surface area contributed by atoms with Gasteiger partial charge in [-0.2, -0.15) is 0 Å². The van der Waals surface area contributed by atoms with E-state index in [9.17, 15) is 9.59 Å². The highest BCUT2D eigenvalue weighted by molar-refractivity contribution is 6.04. The molecule has 0 aliphatic heterocycles. The molecule has 1 unspecified atom stereocenters. The van der Waals surface area contributed by atoms with Gasteiger partial charge >= 0.3 is 5.97 Å². The smallest absolute Gasteiger partial charge is 0.322 e. The maximum Gasteiger partial charge on any atom is 0.322 e. The first kappa shape index (κ1) is 15.9. The van der Waals surface area contributed by atoms with Gasteiger partial charge in [-0.3, -0.25) is 9.59 Å². The quantitative estimate of drug-likeness (QED) is 0.534. The van der Waals surface area contributed by atoms with Gasteiger partial charge in [-0.05, 0) is 26.0 Å². The average molecular weight is 322 g/mol. The molecule has 0 saturated heterocycles. The molecule has 0 saturated carbocycles. The summed E-state index contributed by atoms with van der Waals surface area (Å²) in [7, 11) is 0. The van der Waals surface area contributed by atoms with Crippen molar-refractivity contribution < 1.29 is 14.3 Å². The molecular formula is C19H18N2O3. The Hall–Kier alpha value is -2.95. The molecule has 0 N–H and O–H groups in total. The summed E-state index contributed by atoms with van der Waals surface area (Å²) in [6.45, 7) is 3.35. The fourth-order valence-electron chi connectivity index (χ4n) is 2.79. The summed E-state index contributed by atoms with van der Waals surface area (Å²) < 4.78 is 6.91. The molecule has 3 aromatic rings. The number of carbonyl (C=O) groups is 2. The van der Waals surface area contributed by atoms with Gasteiger partial charge < -0.3 is 9.14 Å². The summed E-state index contributed by atoms with van der Waals surface area (Å²) in [4.78, 5) is 29.3. The fraction of sp³-hybridized carbons (Fsp3) is 0.211. The lowest BCUT2D eigenvalue weighted by molar-refractivity contribution is -0.147. The number of pyridine rings is 1. The number of ether oxygens (including phenoxy) is 1. The van der Waals surface area contributed by atoms with Crippen LogP contribution in [0, 0.1) is 0 Å². The van der Waals surface area contributed by atoms with E-state index >= 15 is 0 Å². The highest BCUT2D eigenvalue weighted by atomic mass is 16.5. The van der Waals surface area contributed by atoms with Gasteiger partial charge in [-0.15, -0.1) is 0 Å². The number of ketones is 1. The fourth-order valence-corrected chi connectivity index (χ4v) is 2.79. The van der Waals surface area contributed by atoms with Crippen molar-refractivity contribution >= 4 is 17.4 Å². The van der Waals surface area contributed by atoms with Crippen molar-refractivity contribution in [1.82, 2.24) is 9.38 Å². The molecule has 5 heteroatoms. The molecule has 0 amide bonds. The zero-order valence-electron chi connectivity index (χ0n) is 13.6. The predicted octanol–water partition coefficient (Wildman–Crippen LogP) is 3.24. The largest absolute Gasteiger partial charge is 0.465 e. The Bertz CT molecular complexity index is 884. The van der Waals surface area contributed by atoms with Crippen LogP contribution in [-0.2, 0) is 14.3 Å². The normalized spacial score (nSPS) is 12.1. The first-order valence-electron chi connectivity index (χ1n) is 7.83. The standard InChI is InChI=1S/C19H18N2O3/c1-3-24-19(23)16(13(2)22)18-17(14-9-5-4-6-10-14)20-15-11-7-8-12-21(15)18/h4-12,16H,3H2,1-2H3. The van der Waals surface area contributed by atoms with Gasteiger partial charge in [0.1, 0.15) is 11.4 Å². The number of carbonyl (C=O) groups excluding carboxylic acids is 2. The number of hydrogen-bond donors (Lipinski definition) is 0. The van der Waals surface area contributed by atoms with Crippen LogP contribution in [0.1, 0.15) is 25.5 Å². The van der Waals surface area contributed by atoms with Crippen LogP contribution in [-0.4, -0.2) is 27.7 Å². The molecule has 1 aromatic carbocycles. The van der Waals surface area contributed by atoms with Gasteiger partial charge in [0.25, 0.3) is 0 Å². The van der Waals surface area contributed by atoms with Gasteiger partial charge in [0.05, 0.1) is 18.0 Å². The highest BCUT2D eigenvalue weighted by Crippen LogP contribution is 2.31. The van der Waals surface area contributed by atoms with Crippen molar-refractivity contribution in [3.05, 3.63) is 60.4 Å². The summed E-state index contributed by atoms with van der Waals surface area (Å²) in [6, 6.07) is 15.1. The predicted molar refractivity (Wildman–Crippen MR) is 90.7 cm³/mol. The zero-order valence-corrected chi connectivity index (χ0v) is 13.6. The summed E-state index contributed by atoms with van der Waals surface area (Å²) >= 11 is 0. The van der Waals surface area contributed by atoms with Gasteiger partial charge in [0.2, 0.25) is 0 Å². The Kier molecular flexibility index (Phi) is 4.42. The van der Waals surface area contributed by atoms with Crippen LogP contribution in [0.15, 0.2) is 54.7 Å². The first-order valence-corrected chi connectivity index (χ1v) is 7.83. The Morgan fingerprint density at radius 2 is 1.83 bits per heavy atom. The van der Waals surface area contributed by atoms with Crippen molar-refractivity contribution in [2.45, 2.75) is 19.8 Å². The molecule has 122 valence electrons. The molecule has 0 aliphatic rings. The lowest BCUT2D eigenvalue weighted by atomic mass is 9.96. The third kappa shape index (κ3) is 2.80. The Morgan fingerprint density at radius 3 is 2.50 bits per heavy atom. The number of aromatic nitrogens is 2. The summed E-state index contributed by atoms with van der Waals surface area (Å²) in [5, 5.41) is 0. The highest BCUT2D eigenvalue weighted by Gasteiger charge is 2.33. The zero-order chi connectivity index (χ0) is 17.1. The van der Waals surface area contributed by atoms with Crippen LogP contribution < -0.4 is 0 Å². The van der Waals surface area contributed by atoms with E-state index in [-0.39, 0.29) is 12.4 Å². The van der Waals surface area contributed by atoms with Gasteiger partial charge in [0, 0.05) is 11.8 Å². The number of imidazole rings is 1. The van der Waals surface area contributed by atoms with E-state index in [1.54, 1.807) is 17.5 Å². The first-order chi connectivity index (χ1) is 11.6. The van der Waals surface area contributed by atoms with E-state index in [0.29, 0.717) is 17.0 Å². The lowest BCUT2D eigenvalue weighted by Crippen LogP contribution is -2.24. The van der Waals surface area contributed by atoms with Crippen LogP contribution in [0.4, 0.5) is 0 Å². The molecular weight excluding hydrogens is 304 g/mol. The van der Waals surface area contributed by atoms with Crippen molar-refractivity contribution in [1.29, 1.82) is 0 Å². The monoisotopic (exact) mass is 322 g/mol. The maximum atomic E-state index is 12.4. The molecule has 0 fully saturated rings. The second-order valence-corrected chi connectivity index (χ2v) is 5.44. The minimum atomic E-state index is -1.00. The van der Waals surface area contributed by atoms with Crippen molar-refractivity contribution in [3.63, 3.8) is 0 Å². The molecule has 0 aliphatic carbocycles. The number of nitrogens with zero attached hydrogens (tertiary/aromatic N) is 2. The number of fused-ring (bicyclic) bond motifs is 1. The molecule has 2 aromatic heterocycles. The van der Waals surface area contributed by atoms with E-state index in [1.165, 1.54) is 6.92 Å². The topological polar surface area (TPSA) is 60.7 Å².